The Morgan fingerprint density at radius 3 is 2.77 bits per heavy atom. The van der Waals surface area contributed by atoms with E-state index in [0.717, 1.165) is 0 Å². The van der Waals surface area contributed by atoms with Crippen molar-refractivity contribution in [3.63, 3.8) is 0 Å². The molecule has 0 aliphatic carbocycles. The molecule has 0 saturated heterocycles. The fraction of sp³-hybridized carbons (Fsp3) is 0.0455. The average Bonchev–Trinajstić information content (AvgIpc) is 3.16. The number of nitrogens with zero attached hydrogens (tertiary/aromatic N) is 1. The number of thiocarbonyl (C=S) groups is 1. The fourth-order valence-electron chi connectivity index (χ4n) is 2.89. The molecular weight excluding hydrogens is 441 g/mol. The molecule has 1 heterocycles. The Hall–Kier alpha value is -3.49. The van der Waals surface area contributed by atoms with Crippen LogP contribution in [0.15, 0.2) is 65.1 Å². The third kappa shape index (κ3) is 4.65. The fourth-order valence-corrected chi connectivity index (χ4v) is 3.34. The van der Waals surface area contributed by atoms with E-state index in [1.165, 1.54) is 25.3 Å². The number of nitrogens with one attached hydrogen (secondary N) is 2. The molecule has 4 aromatic rings. The van der Waals surface area contributed by atoms with Gasteiger partial charge in [0.25, 0.3) is 5.91 Å². The van der Waals surface area contributed by atoms with Crippen LogP contribution in [0.4, 0.5) is 10.1 Å². The number of methoxy groups -OCH3 is 1. The van der Waals surface area contributed by atoms with Crippen LogP contribution in [-0.2, 0) is 0 Å². The van der Waals surface area contributed by atoms with E-state index in [1.54, 1.807) is 42.5 Å². The van der Waals surface area contributed by atoms with Gasteiger partial charge in [0.2, 0.25) is 5.89 Å². The number of carbonyl (C=O) groups excluding carboxylic acids is 1. The monoisotopic (exact) mass is 455 g/mol. The van der Waals surface area contributed by atoms with Gasteiger partial charge < -0.3 is 14.5 Å². The number of oxazole rings is 1. The normalized spacial score (nSPS) is 10.7. The number of anilines is 1. The summed E-state index contributed by atoms with van der Waals surface area (Å²) in [6, 6.07) is 15.9. The van der Waals surface area contributed by atoms with Gasteiger partial charge in [-0.25, -0.2) is 9.37 Å². The number of ether oxygens (including phenoxy) is 1. The molecule has 3 aromatic carbocycles. The SMILES string of the molecule is COc1cccc(C(=O)NC(=S)Nc2ccc3oc(-c4ccc(F)cc4Cl)nc3c2)c1. The summed E-state index contributed by atoms with van der Waals surface area (Å²) < 4.78 is 24.1. The number of hydrogen-bond donors (Lipinski definition) is 2. The van der Waals surface area contributed by atoms with Crippen LogP contribution in [0.5, 0.6) is 5.75 Å². The zero-order chi connectivity index (χ0) is 22.0. The number of hydrogen-bond acceptors (Lipinski definition) is 5. The molecule has 2 N–H and O–H groups in total. The number of benzene rings is 3. The maximum atomic E-state index is 13.3. The Kier molecular flexibility index (Phi) is 5.83. The zero-order valence-corrected chi connectivity index (χ0v) is 17.7. The molecule has 156 valence electrons. The van der Waals surface area contributed by atoms with E-state index in [9.17, 15) is 9.18 Å². The number of carbonyl (C=O) groups is 1. The first kappa shape index (κ1) is 20.8. The molecule has 1 aromatic heterocycles. The average molecular weight is 456 g/mol. The van der Waals surface area contributed by atoms with Crippen molar-refractivity contribution in [3.05, 3.63) is 77.1 Å². The highest BCUT2D eigenvalue weighted by Crippen LogP contribution is 2.31. The second-order valence-electron chi connectivity index (χ2n) is 6.47. The van der Waals surface area contributed by atoms with E-state index in [0.29, 0.717) is 33.7 Å². The molecule has 1 amide bonds. The van der Waals surface area contributed by atoms with Gasteiger partial charge in [-0.05, 0) is 66.8 Å². The van der Waals surface area contributed by atoms with E-state index in [-0.39, 0.29) is 21.9 Å². The highest BCUT2D eigenvalue weighted by Gasteiger charge is 2.14. The summed E-state index contributed by atoms with van der Waals surface area (Å²) in [5.74, 6) is 0.0270. The minimum atomic E-state index is -0.444. The van der Waals surface area contributed by atoms with Crippen molar-refractivity contribution < 1.29 is 18.3 Å². The molecule has 31 heavy (non-hydrogen) atoms. The molecule has 0 fully saturated rings. The van der Waals surface area contributed by atoms with Crippen molar-refractivity contribution in [2.24, 2.45) is 0 Å². The minimum Gasteiger partial charge on any atom is -0.497 e. The largest absolute Gasteiger partial charge is 0.497 e. The molecule has 0 saturated carbocycles. The van der Waals surface area contributed by atoms with E-state index < -0.39 is 5.82 Å². The van der Waals surface area contributed by atoms with Gasteiger partial charge >= 0.3 is 0 Å². The summed E-state index contributed by atoms with van der Waals surface area (Å²) in [6.07, 6.45) is 0. The van der Waals surface area contributed by atoms with Crippen LogP contribution in [0, 0.1) is 5.82 Å². The molecule has 0 unspecified atom stereocenters. The number of halogens is 2. The molecule has 9 heteroatoms. The number of rotatable bonds is 4. The van der Waals surface area contributed by atoms with Gasteiger partial charge in [0.1, 0.15) is 17.1 Å². The van der Waals surface area contributed by atoms with Gasteiger partial charge in [0.15, 0.2) is 10.7 Å². The lowest BCUT2D eigenvalue weighted by Gasteiger charge is -2.10. The molecule has 0 atom stereocenters. The summed E-state index contributed by atoms with van der Waals surface area (Å²) in [7, 11) is 1.53. The van der Waals surface area contributed by atoms with Crippen LogP contribution in [0.25, 0.3) is 22.6 Å². The van der Waals surface area contributed by atoms with Gasteiger partial charge in [-0.3, -0.25) is 10.1 Å². The zero-order valence-electron chi connectivity index (χ0n) is 16.1. The van der Waals surface area contributed by atoms with Crippen molar-refractivity contribution in [1.82, 2.24) is 10.3 Å². The quantitative estimate of drug-likeness (QED) is 0.400. The molecule has 0 radical (unpaired) electrons. The summed E-state index contributed by atoms with van der Waals surface area (Å²) >= 11 is 11.3. The highest BCUT2D eigenvalue weighted by molar-refractivity contribution is 7.80. The summed E-state index contributed by atoms with van der Waals surface area (Å²) in [6.45, 7) is 0. The lowest BCUT2D eigenvalue weighted by molar-refractivity contribution is 0.0977. The summed E-state index contributed by atoms with van der Waals surface area (Å²) in [4.78, 5) is 16.8. The first-order chi connectivity index (χ1) is 14.9. The Morgan fingerprint density at radius 1 is 1.16 bits per heavy atom. The van der Waals surface area contributed by atoms with Gasteiger partial charge in [-0.1, -0.05) is 17.7 Å². The van der Waals surface area contributed by atoms with Crippen LogP contribution in [0.2, 0.25) is 5.02 Å². The Balaban J connectivity index is 1.49. The van der Waals surface area contributed by atoms with Gasteiger partial charge in [-0.15, -0.1) is 0 Å². The maximum absolute atomic E-state index is 13.3. The number of aromatic nitrogens is 1. The van der Waals surface area contributed by atoms with Crippen molar-refractivity contribution in [2.75, 3.05) is 12.4 Å². The van der Waals surface area contributed by atoms with Crippen LogP contribution in [0.1, 0.15) is 10.4 Å². The molecule has 0 aliphatic heterocycles. The van der Waals surface area contributed by atoms with Crippen LogP contribution < -0.4 is 15.4 Å². The van der Waals surface area contributed by atoms with E-state index in [2.05, 4.69) is 15.6 Å². The highest BCUT2D eigenvalue weighted by atomic mass is 35.5. The molecule has 4 rings (SSSR count). The molecule has 0 spiro atoms. The lowest BCUT2D eigenvalue weighted by Crippen LogP contribution is -2.34. The molecule has 0 bridgehead atoms. The standard InChI is InChI=1S/C22H15ClFN3O3S/c1-29-15-4-2-3-12(9-15)20(28)27-22(31)25-14-6-8-19-18(11-14)26-21(30-19)16-7-5-13(24)10-17(16)23/h2-11H,1H3,(H2,25,27,28,31). The summed E-state index contributed by atoms with van der Waals surface area (Å²) in [5.41, 5.74) is 2.56. The lowest BCUT2D eigenvalue weighted by atomic mass is 10.2. The van der Waals surface area contributed by atoms with E-state index in [4.69, 9.17) is 33.0 Å². The third-order valence-electron chi connectivity index (χ3n) is 4.37. The van der Waals surface area contributed by atoms with Gasteiger partial charge in [-0.2, -0.15) is 0 Å². The maximum Gasteiger partial charge on any atom is 0.257 e. The Labute approximate surface area is 187 Å². The second kappa shape index (κ2) is 8.71. The van der Waals surface area contributed by atoms with Crippen LogP contribution in [-0.4, -0.2) is 23.1 Å². The predicted octanol–water partition coefficient (Wildman–Crippen LogP) is 5.42. The molecule has 0 aliphatic rings. The Morgan fingerprint density at radius 2 is 2.00 bits per heavy atom. The Bertz CT molecular complexity index is 1310. The number of amides is 1. The van der Waals surface area contributed by atoms with Gasteiger partial charge in [0, 0.05) is 11.3 Å². The van der Waals surface area contributed by atoms with Crippen LogP contribution in [0.3, 0.4) is 0 Å². The first-order valence-corrected chi connectivity index (χ1v) is 9.84. The van der Waals surface area contributed by atoms with Crippen molar-refractivity contribution >= 4 is 51.6 Å². The van der Waals surface area contributed by atoms with Crippen molar-refractivity contribution in [3.8, 4) is 17.2 Å². The number of fused-ring (bicyclic) bond motifs is 1. The molecular formula is C22H15ClFN3O3S. The van der Waals surface area contributed by atoms with E-state index >= 15 is 0 Å². The summed E-state index contributed by atoms with van der Waals surface area (Å²) in [5, 5.41) is 5.88. The van der Waals surface area contributed by atoms with E-state index in [1.807, 2.05) is 0 Å². The van der Waals surface area contributed by atoms with Crippen molar-refractivity contribution in [2.45, 2.75) is 0 Å². The smallest absolute Gasteiger partial charge is 0.257 e. The van der Waals surface area contributed by atoms with Crippen LogP contribution >= 0.6 is 23.8 Å². The van der Waals surface area contributed by atoms with Gasteiger partial charge in [0.05, 0.1) is 17.7 Å². The second-order valence-corrected chi connectivity index (χ2v) is 7.28. The molecule has 6 nitrogen and oxygen atoms in total. The third-order valence-corrected chi connectivity index (χ3v) is 4.88. The first-order valence-electron chi connectivity index (χ1n) is 9.05. The topological polar surface area (TPSA) is 76.4 Å². The van der Waals surface area contributed by atoms with Crippen molar-refractivity contribution in [1.29, 1.82) is 0 Å². The minimum absolute atomic E-state index is 0.123. The predicted molar refractivity (Wildman–Crippen MR) is 121 cm³/mol.